The number of pyridine rings is 1. The van der Waals surface area contributed by atoms with Crippen molar-refractivity contribution in [1.29, 1.82) is 0 Å². The van der Waals surface area contributed by atoms with Crippen LogP contribution in [0.25, 0.3) is 10.9 Å². The summed E-state index contributed by atoms with van der Waals surface area (Å²) in [4.78, 5) is 25.4. The Morgan fingerprint density at radius 1 is 1.35 bits per heavy atom. The minimum absolute atomic E-state index is 0.0287. The summed E-state index contributed by atoms with van der Waals surface area (Å²) in [5, 5.41) is 0.792. The molecule has 0 aliphatic rings. The van der Waals surface area contributed by atoms with Gasteiger partial charge in [0.25, 0.3) is 0 Å². The van der Waals surface area contributed by atoms with Gasteiger partial charge in [0.2, 0.25) is 5.56 Å². The van der Waals surface area contributed by atoms with Gasteiger partial charge in [-0.2, -0.15) is 0 Å². The monoisotopic (exact) mass is 231 g/mol. The first-order chi connectivity index (χ1) is 8.11. The van der Waals surface area contributed by atoms with Crippen molar-refractivity contribution in [1.82, 2.24) is 4.98 Å². The van der Waals surface area contributed by atoms with E-state index in [2.05, 4.69) is 4.98 Å². The normalized spacial score (nSPS) is 10.5. The molecule has 0 aliphatic carbocycles. The maximum absolute atomic E-state index is 11.4. The number of nitrogens with one attached hydrogen (secondary N) is 1. The van der Waals surface area contributed by atoms with Crippen molar-refractivity contribution in [2.24, 2.45) is 0 Å². The highest BCUT2D eigenvalue weighted by molar-refractivity contribution is 5.99. The number of hydrogen-bond donors (Lipinski definition) is 1. The molecular weight excluding hydrogens is 218 g/mol. The molecule has 4 nitrogen and oxygen atoms in total. The summed E-state index contributed by atoms with van der Waals surface area (Å²) in [6, 6.07) is 6.52. The number of H-pyrrole nitrogens is 1. The number of Topliss-reactive ketones (excluding diaryl/α,β-unsaturated/α-hetero) is 1. The summed E-state index contributed by atoms with van der Waals surface area (Å²) in [5.41, 5.74) is 1.02. The van der Waals surface area contributed by atoms with Gasteiger partial charge in [-0.25, -0.2) is 0 Å². The van der Waals surface area contributed by atoms with Crippen molar-refractivity contribution in [3.63, 3.8) is 0 Å². The molecule has 4 heteroatoms. The lowest BCUT2D eigenvalue weighted by Gasteiger charge is -2.08. The van der Waals surface area contributed by atoms with E-state index in [-0.39, 0.29) is 11.3 Å². The highest BCUT2D eigenvalue weighted by Gasteiger charge is 2.08. The average Bonchev–Trinajstić information content (AvgIpc) is 2.29. The van der Waals surface area contributed by atoms with E-state index in [1.807, 2.05) is 6.92 Å². The Labute approximate surface area is 98.2 Å². The lowest BCUT2D eigenvalue weighted by molar-refractivity contribution is 0.101. The zero-order chi connectivity index (χ0) is 12.4. The molecule has 1 aromatic carbocycles. The van der Waals surface area contributed by atoms with Crippen LogP contribution in [0.2, 0.25) is 0 Å². The predicted octanol–water partition coefficient (Wildman–Crippen LogP) is 2.13. The Kier molecular flexibility index (Phi) is 2.95. The molecule has 0 saturated heterocycles. The second-order valence-corrected chi connectivity index (χ2v) is 3.75. The number of aromatic nitrogens is 1. The van der Waals surface area contributed by atoms with Gasteiger partial charge in [0.15, 0.2) is 5.78 Å². The van der Waals surface area contributed by atoms with E-state index in [1.54, 1.807) is 18.2 Å². The van der Waals surface area contributed by atoms with Crippen LogP contribution in [0.15, 0.2) is 29.1 Å². The topological polar surface area (TPSA) is 59.2 Å². The molecule has 0 aliphatic heterocycles. The fourth-order valence-electron chi connectivity index (χ4n) is 1.71. The van der Waals surface area contributed by atoms with E-state index >= 15 is 0 Å². The number of aromatic amines is 1. The highest BCUT2D eigenvalue weighted by Crippen LogP contribution is 2.25. The van der Waals surface area contributed by atoms with Crippen molar-refractivity contribution in [3.8, 4) is 5.75 Å². The molecule has 2 rings (SSSR count). The molecule has 0 saturated carbocycles. The minimum Gasteiger partial charge on any atom is -0.492 e. The maximum Gasteiger partial charge on any atom is 0.248 e. The second kappa shape index (κ2) is 4.41. The fraction of sp³-hybridized carbons (Fsp3) is 0.231. The van der Waals surface area contributed by atoms with Gasteiger partial charge in [-0.3, -0.25) is 9.59 Å². The summed E-state index contributed by atoms with van der Waals surface area (Å²) >= 11 is 0. The Bertz CT molecular complexity index is 628. The number of ether oxygens (including phenoxy) is 1. The van der Waals surface area contributed by atoms with Crippen LogP contribution in [0.3, 0.4) is 0 Å². The van der Waals surface area contributed by atoms with Crippen LogP contribution in [-0.2, 0) is 0 Å². The van der Waals surface area contributed by atoms with Crippen LogP contribution in [0.1, 0.15) is 24.2 Å². The molecule has 88 valence electrons. The van der Waals surface area contributed by atoms with E-state index < -0.39 is 0 Å². The van der Waals surface area contributed by atoms with Crippen molar-refractivity contribution in [3.05, 3.63) is 40.2 Å². The van der Waals surface area contributed by atoms with Gasteiger partial charge in [0, 0.05) is 17.0 Å². The molecular formula is C13H13NO3. The Morgan fingerprint density at radius 2 is 2.12 bits per heavy atom. The first-order valence-electron chi connectivity index (χ1n) is 5.42. The SMILES string of the molecule is CCOc1cc(C(C)=O)cc2ccc(=O)[nH]c12. The fourth-order valence-corrected chi connectivity index (χ4v) is 1.71. The Morgan fingerprint density at radius 3 is 2.76 bits per heavy atom. The number of benzene rings is 1. The number of rotatable bonds is 3. The summed E-state index contributed by atoms with van der Waals surface area (Å²) in [7, 11) is 0. The molecule has 1 heterocycles. The van der Waals surface area contributed by atoms with Crippen molar-refractivity contribution in [2.75, 3.05) is 6.61 Å². The van der Waals surface area contributed by atoms with Gasteiger partial charge in [-0.1, -0.05) is 0 Å². The van der Waals surface area contributed by atoms with Crippen LogP contribution >= 0.6 is 0 Å². The predicted molar refractivity (Wildman–Crippen MR) is 65.7 cm³/mol. The second-order valence-electron chi connectivity index (χ2n) is 3.75. The molecule has 0 fully saturated rings. The van der Waals surface area contributed by atoms with E-state index in [9.17, 15) is 9.59 Å². The van der Waals surface area contributed by atoms with E-state index in [4.69, 9.17) is 4.74 Å². The zero-order valence-corrected chi connectivity index (χ0v) is 9.74. The van der Waals surface area contributed by atoms with Gasteiger partial charge in [-0.15, -0.1) is 0 Å². The summed E-state index contributed by atoms with van der Waals surface area (Å²) in [5.74, 6) is 0.506. The number of fused-ring (bicyclic) bond motifs is 1. The first kappa shape index (κ1) is 11.4. The average molecular weight is 231 g/mol. The molecule has 17 heavy (non-hydrogen) atoms. The summed E-state index contributed by atoms with van der Waals surface area (Å²) in [6.07, 6.45) is 0. The van der Waals surface area contributed by atoms with Gasteiger partial charge < -0.3 is 9.72 Å². The van der Waals surface area contributed by atoms with Crippen LogP contribution in [0.5, 0.6) is 5.75 Å². The molecule has 0 bridgehead atoms. The number of carbonyl (C=O) groups is 1. The molecule has 2 aromatic rings. The number of hydrogen-bond acceptors (Lipinski definition) is 3. The third-order valence-corrected chi connectivity index (χ3v) is 2.50. The van der Waals surface area contributed by atoms with E-state index in [1.165, 1.54) is 13.0 Å². The Balaban J connectivity index is 2.76. The molecule has 1 aromatic heterocycles. The summed E-state index contributed by atoms with van der Waals surface area (Å²) in [6.45, 7) is 3.84. The van der Waals surface area contributed by atoms with Crippen molar-refractivity contribution in [2.45, 2.75) is 13.8 Å². The van der Waals surface area contributed by atoms with Gasteiger partial charge in [0.05, 0.1) is 12.1 Å². The van der Waals surface area contributed by atoms with Crippen molar-refractivity contribution >= 4 is 16.7 Å². The summed E-state index contributed by atoms with van der Waals surface area (Å²) < 4.78 is 5.44. The van der Waals surface area contributed by atoms with Crippen LogP contribution in [-0.4, -0.2) is 17.4 Å². The lowest BCUT2D eigenvalue weighted by atomic mass is 10.1. The first-order valence-corrected chi connectivity index (χ1v) is 5.42. The third kappa shape index (κ3) is 2.20. The van der Waals surface area contributed by atoms with E-state index in [0.29, 0.717) is 23.4 Å². The standard InChI is InChI=1S/C13H13NO3/c1-3-17-11-7-10(8(2)15)6-9-4-5-12(16)14-13(9)11/h4-7H,3H2,1-2H3,(H,14,16). The van der Waals surface area contributed by atoms with Gasteiger partial charge in [-0.05, 0) is 32.0 Å². The third-order valence-electron chi connectivity index (χ3n) is 2.50. The van der Waals surface area contributed by atoms with Crippen LogP contribution in [0.4, 0.5) is 0 Å². The van der Waals surface area contributed by atoms with Crippen LogP contribution < -0.4 is 10.3 Å². The molecule has 0 radical (unpaired) electrons. The minimum atomic E-state index is -0.186. The largest absolute Gasteiger partial charge is 0.492 e. The quantitative estimate of drug-likeness (QED) is 0.823. The number of carbonyl (C=O) groups excluding carboxylic acids is 1. The van der Waals surface area contributed by atoms with Gasteiger partial charge >= 0.3 is 0 Å². The lowest BCUT2D eigenvalue weighted by Crippen LogP contribution is -2.05. The number of ketones is 1. The van der Waals surface area contributed by atoms with Crippen molar-refractivity contribution < 1.29 is 9.53 Å². The molecule has 0 spiro atoms. The molecule has 1 N–H and O–H groups in total. The van der Waals surface area contributed by atoms with E-state index in [0.717, 1.165) is 5.39 Å². The maximum atomic E-state index is 11.4. The molecule has 0 amide bonds. The highest BCUT2D eigenvalue weighted by atomic mass is 16.5. The van der Waals surface area contributed by atoms with Gasteiger partial charge in [0.1, 0.15) is 5.75 Å². The molecule has 0 atom stereocenters. The molecule has 0 unspecified atom stereocenters. The van der Waals surface area contributed by atoms with Crippen LogP contribution in [0, 0.1) is 0 Å². The Hall–Kier alpha value is -2.10. The smallest absolute Gasteiger partial charge is 0.248 e. The zero-order valence-electron chi connectivity index (χ0n) is 9.74.